The number of aromatic nitrogens is 1. The summed E-state index contributed by atoms with van der Waals surface area (Å²) in [6.07, 6.45) is 1.90. The summed E-state index contributed by atoms with van der Waals surface area (Å²) in [5.74, 6) is 0. The molecule has 1 rings (SSSR count). The Hall–Kier alpha value is -0.633. The maximum atomic E-state index is 4.49. The van der Waals surface area contributed by atoms with E-state index in [-0.39, 0.29) is 0 Å². The van der Waals surface area contributed by atoms with Gasteiger partial charge in [0.25, 0.3) is 0 Å². The van der Waals surface area contributed by atoms with Crippen LogP contribution in [0.5, 0.6) is 0 Å². The third-order valence-corrected chi connectivity index (χ3v) is 10.5. The Morgan fingerprint density at radius 3 is 2.20 bits per heavy atom. The second kappa shape index (κ2) is 4.09. The van der Waals surface area contributed by atoms with Crippen LogP contribution in [-0.2, 0) is 0 Å². The molecule has 0 spiro atoms. The highest BCUT2D eigenvalue weighted by Crippen LogP contribution is 2.43. The highest BCUT2D eigenvalue weighted by atomic mass is 28.3. The van der Waals surface area contributed by atoms with Crippen molar-refractivity contribution in [2.45, 2.75) is 51.4 Å². The fraction of sp³-hybridized carbons (Fsp3) is 0.615. The molecule has 0 aliphatic carbocycles. The minimum Gasteiger partial charge on any atom is -0.261 e. The minimum absolute atomic E-state index is 0.421. The van der Waals surface area contributed by atoms with Crippen molar-refractivity contribution >= 4 is 8.07 Å². The van der Waals surface area contributed by atoms with Gasteiger partial charge in [-0.1, -0.05) is 46.9 Å². The first-order valence-corrected chi connectivity index (χ1v) is 8.75. The molecule has 1 aromatic rings. The molecular formula is C13H23NSi. The molecule has 84 valence electrons. The Morgan fingerprint density at radius 2 is 1.80 bits per heavy atom. The summed E-state index contributed by atoms with van der Waals surface area (Å²) in [4.78, 5) is 4.49. The summed E-state index contributed by atoms with van der Waals surface area (Å²) < 4.78 is 0. The van der Waals surface area contributed by atoms with Gasteiger partial charge in [0.2, 0.25) is 0 Å². The Morgan fingerprint density at radius 1 is 1.20 bits per heavy atom. The second-order valence-corrected chi connectivity index (χ2v) is 11.8. The van der Waals surface area contributed by atoms with E-state index in [1.165, 1.54) is 5.69 Å². The van der Waals surface area contributed by atoms with Crippen LogP contribution in [0.2, 0.25) is 18.1 Å². The predicted octanol–water partition coefficient (Wildman–Crippen LogP) is 4.23. The van der Waals surface area contributed by atoms with Crippen molar-refractivity contribution < 1.29 is 0 Å². The second-order valence-electron chi connectivity index (χ2n) is 5.95. The molecule has 0 saturated carbocycles. The molecule has 0 amide bonds. The Kier molecular flexibility index (Phi) is 3.39. The Balaban J connectivity index is 3.00. The van der Waals surface area contributed by atoms with Crippen molar-refractivity contribution in [1.82, 2.24) is 4.98 Å². The monoisotopic (exact) mass is 221 g/mol. The zero-order valence-corrected chi connectivity index (χ0v) is 11.8. The molecule has 0 radical (unpaired) electrons. The molecule has 1 atom stereocenters. The molecule has 1 aromatic heterocycles. The van der Waals surface area contributed by atoms with Crippen molar-refractivity contribution in [3.63, 3.8) is 0 Å². The standard InChI is InChI=1S/C13H23NSi/c1-11(12-9-7-8-10-14-12)15(5,6)13(2,3)4/h7-11H,1-6H3. The van der Waals surface area contributed by atoms with Crippen molar-refractivity contribution in [3.8, 4) is 0 Å². The average Bonchev–Trinajstić information content (AvgIpc) is 2.16. The van der Waals surface area contributed by atoms with Crippen LogP contribution in [0.4, 0.5) is 0 Å². The summed E-state index contributed by atoms with van der Waals surface area (Å²) >= 11 is 0. The summed E-state index contributed by atoms with van der Waals surface area (Å²) in [6, 6.07) is 6.24. The van der Waals surface area contributed by atoms with Crippen LogP contribution in [0.3, 0.4) is 0 Å². The largest absolute Gasteiger partial charge is 0.261 e. The van der Waals surface area contributed by atoms with Crippen molar-refractivity contribution in [2.75, 3.05) is 0 Å². The van der Waals surface area contributed by atoms with E-state index in [1.807, 2.05) is 12.3 Å². The highest BCUT2D eigenvalue weighted by Gasteiger charge is 2.40. The van der Waals surface area contributed by atoms with Crippen LogP contribution in [0, 0.1) is 0 Å². The molecule has 1 heterocycles. The zero-order valence-electron chi connectivity index (χ0n) is 10.8. The van der Waals surface area contributed by atoms with Gasteiger partial charge < -0.3 is 0 Å². The summed E-state index contributed by atoms with van der Waals surface area (Å²) in [6.45, 7) is 14.3. The van der Waals surface area contributed by atoms with E-state index < -0.39 is 8.07 Å². The molecule has 0 fully saturated rings. The molecule has 0 N–H and O–H groups in total. The fourth-order valence-electron chi connectivity index (χ4n) is 1.65. The van der Waals surface area contributed by atoms with Crippen molar-refractivity contribution in [3.05, 3.63) is 30.1 Å². The van der Waals surface area contributed by atoms with Gasteiger partial charge in [-0.3, -0.25) is 4.98 Å². The van der Waals surface area contributed by atoms with Gasteiger partial charge in [-0.25, -0.2) is 0 Å². The van der Waals surface area contributed by atoms with E-state index in [9.17, 15) is 0 Å². The third kappa shape index (κ3) is 2.48. The maximum Gasteiger partial charge on any atom is 0.0621 e. The van der Waals surface area contributed by atoms with Gasteiger partial charge in [0.1, 0.15) is 0 Å². The first kappa shape index (κ1) is 12.4. The minimum atomic E-state index is -1.31. The molecule has 2 heteroatoms. The van der Waals surface area contributed by atoms with Gasteiger partial charge in [0.15, 0.2) is 0 Å². The fourth-order valence-corrected chi connectivity index (χ4v) is 3.86. The summed E-state index contributed by atoms with van der Waals surface area (Å²) in [5.41, 5.74) is 1.86. The summed E-state index contributed by atoms with van der Waals surface area (Å²) in [5, 5.41) is 0.421. The normalized spacial score (nSPS) is 15.1. The predicted molar refractivity (Wildman–Crippen MR) is 69.8 cm³/mol. The lowest BCUT2D eigenvalue weighted by Gasteiger charge is -2.41. The first-order chi connectivity index (χ1) is 6.77. The van der Waals surface area contributed by atoms with Crippen LogP contribution in [-0.4, -0.2) is 13.1 Å². The Labute approximate surface area is 95.0 Å². The van der Waals surface area contributed by atoms with Gasteiger partial charge in [0.05, 0.1) is 8.07 Å². The average molecular weight is 221 g/mol. The van der Waals surface area contributed by atoms with E-state index in [0.29, 0.717) is 10.6 Å². The number of nitrogens with zero attached hydrogens (tertiary/aromatic N) is 1. The topological polar surface area (TPSA) is 12.9 Å². The molecule has 0 bridgehead atoms. The van der Waals surface area contributed by atoms with Crippen LogP contribution >= 0.6 is 0 Å². The van der Waals surface area contributed by atoms with E-state index in [4.69, 9.17) is 0 Å². The van der Waals surface area contributed by atoms with Gasteiger partial charge in [-0.05, 0) is 22.7 Å². The smallest absolute Gasteiger partial charge is 0.0621 e. The van der Waals surface area contributed by atoms with Crippen LogP contribution in [0.1, 0.15) is 38.9 Å². The SMILES string of the molecule is CC(c1ccccn1)[Si](C)(C)C(C)(C)C. The van der Waals surface area contributed by atoms with Gasteiger partial charge in [-0.2, -0.15) is 0 Å². The van der Waals surface area contributed by atoms with Crippen LogP contribution in [0.25, 0.3) is 0 Å². The van der Waals surface area contributed by atoms with E-state index in [2.05, 4.69) is 57.9 Å². The highest BCUT2D eigenvalue weighted by molar-refractivity contribution is 6.81. The summed E-state index contributed by atoms with van der Waals surface area (Å²) in [7, 11) is -1.31. The molecule has 15 heavy (non-hydrogen) atoms. The number of hydrogen-bond donors (Lipinski definition) is 0. The van der Waals surface area contributed by atoms with E-state index in [0.717, 1.165) is 0 Å². The van der Waals surface area contributed by atoms with E-state index >= 15 is 0 Å². The number of hydrogen-bond acceptors (Lipinski definition) is 1. The third-order valence-electron chi connectivity index (χ3n) is 4.15. The Bertz CT molecular complexity index is 311. The molecule has 0 saturated heterocycles. The van der Waals surface area contributed by atoms with Crippen molar-refractivity contribution in [1.29, 1.82) is 0 Å². The van der Waals surface area contributed by atoms with Gasteiger partial charge in [-0.15, -0.1) is 0 Å². The lowest BCUT2D eigenvalue weighted by Crippen LogP contribution is -2.43. The first-order valence-electron chi connectivity index (χ1n) is 5.68. The molecule has 0 aliphatic heterocycles. The quantitative estimate of drug-likeness (QED) is 0.681. The lowest BCUT2D eigenvalue weighted by molar-refractivity contribution is 0.691. The molecule has 1 unspecified atom stereocenters. The van der Waals surface area contributed by atoms with Gasteiger partial charge in [0, 0.05) is 11.9 Å². The van der Waals surface area contributed by atoms with Crippen LogP contribution < -0.4 is 0 Å². The molecule has 0 aromatic carbocycles. The molecule has 1 nitrogen and oxygen atoms in total. The van der Waals surface area contributed by atoms with Gasteiger partial charge >= 0.3 is 0 Å². The number of pyridine rings is 1. The lowest BCUT2D eigenvalue weighted by atomic mass is 10.2. The van der Waals surface area contributed by atoms with Crippen LogP contribution in [0.15, 0.2) is 24.4 Å². The van der Waals surface area contributed by atoms with E-state index in [1.54, 1.807) is 0 Å². The molecular weight excluding hydrogens is 198 g/mol. The zero-order chi connectivity index (χ0) is 11.7. The number of rotatable bonds is 2. The van der Waals surface area contributed by atoms with Crippen molar-refractivity contribution in [2.24, 2.45) is 0 Å². The maximum absolute atomic E-state index is 4.49. The molecule has 0 aliphatic rings.